The van der Waals surface area contributed by atoms with Gasteiger partial charge in [0.15, 0.2) is 0 Å². The van der Waals surface area contributed by atoms with Crippen LogP contribution in [0.15, 0.2) is 22.7 Å². The minimum absolute atomic E-state index is 0.0900. The zero-order chi connectivity index (χ0) is 13.4. The van der Waals surface area contributed by atoms with E-state index in [9.17, 15) is 4.39 Å². The highest BCUT2D eigenvalue weighted by molar-refractivity contribution is 9.10. The second-order valence-electron chi connectivity index (χ2n) is 6.23. The highest BCUT2D eigenvalue weighted by atomic mass is 79.9. The predicted molar refractivity (Wildman–Crippen MR) is 79.5 cm³/mol. The van der Waals surface area contributed by atoms with Crippen molar-refractivity contribution in [1.82, 2.24) is 5.32 Å². The summed E-state index contributed by atoms with van der Waals surface area (Å²) in [5.74, 6) is 2.61. The molecule has 4 unspecified atom stereocenters. The van der Waals surface area contributed by atoms with Gasteiger partial charge in [0.05, 0.1) is 0 Å². The first-order valence-electron chi connectivity index (χ1n) is 7.32. The van der Waals surface area contributed by atoms with Crippen LogP contribution in [0.5, 0.6) is 0 Å². The minimum atomic E-state index is -0.123. The van der Waals surface area contributed by atoms with Crippen LogP contribution in [0.4, 0.5) is 4.39 Å². The van der Waals surface area contributed by atoms with Crippen molar-refractivity contribution in [3.63, 3.8) is 0 Å². The average Bonchev–Trinajstić information content (AvgIpc) is 2.98. The van der Waals surface area contributed by atoms with E-state index in [1.54, 1.807) is 6.07 Å². The Morgan fingerprint density at radius 3 is 2.84 bits per heavy atom. The maximum Gasteiger partial charge on any atom is 0.129 e. The maximum absolute atomic E-state index is 13.9. The molecule has 4 atom stereocenters. The molecular weight excluding hydrogens is 305 g/mol. The lowest BCUT2D eigenvalue weighted by atomic mass is 9.88. The molecule has 2 fully saturated rings. The summed E-state index contributed by atoms with van der Waals surface area (Å²) in [7, 11) is 0. The van der Waals surface area contributed by atoms with Crippen LogP contribution in [0.3, 0.4) is 0 Å². The van der Waals surface area contributed by atoms with Gasteiger partial charge in [-0.2, -0.15) is 0 Å². The Bertz CT molecular complexity index is 462. The quantitative estimate of drug-likeness (QED) is 0.847. The van der Waals surface area contributed by atoms with Crippen LogP contribution >= 0.6 is 15.9 Å². The summed E-state index contributed by atoms with van der Waals surface area (Å²) >= 11 is 3.30. The van der Waals surface area contributed by atoms with Gasteiger partial charge in [0.25, 0.3) is 0 Å². The summed E-state index contributed by atoms with van der Waals surface area (Å²) in [6.45, 7) is 3.09. The van der Waals surface area contributed by atoms with Crippen molar-refractivity contribution in [2.24, 2.45) is 17.8 Å². The van der Waals surface area contributed by atoms with Crippen LogP contribution in [0.25, 0.3) is 0 Å². The molecule has 0 saturated heterocycles. The van der Waals surface area contributed by atoms with Crippen molar-refractivity contribution < 1.29 is 4.39 Å². The molecule has 1 N–H and O–H groups in total. The molecule has 1 nitrogen and oxygen atoms in total. The second-order valence-corrected chi connectivity index (χ2v) is 7.15. The molecule has 0 spiro atoms. The molecular formula is C16H21BrFN. The van der Waals surface area contributed by atoms with Gasteiger partial charge in [-0.1, -0.05) is 28.4 Å². The molecule has 0 aromatic heterocycles. The minimum Gasteiger partial charge on any atom is -0.310 e. The summed E-state index contributed by atoms with van der Waals surface area (Å²) in [5.41, 5.74) is 0.770. The number of hydrogen-bond acceptors (Lipinski definition) is 1. The highest BCUT2D eigenvalue weighted by Crippen LogP contribution is 2.48. The largest absolute Gasteiger partial charge is 0.310 e. The van der Waals surface area contributed by atoms with Crippen LogP contribution in [0, 0.1) is 23.6 Å². The van der Waals surface area contributed by atoms with Crippen molar-refractivity contribution in [2.75, 3.05) is 6.54 Å². The van der Waals surface area contributed by atoms with Gasteiger partial charge >= 0.3 is 0 Å². The zero-order valence-corrected chi connectivity index (χ0v) is 12.9. The maximum atomic E-state index is 13.9. The number of halogens is 2. The molecule has 0 aliphatic heterocycles. The molecule has 19 heavy (non-hydrogen) atoms. The molecule has 3 heteroatoms. The number of rotatable bonds is 4. The first-order valence-corrected chi connectivity index (χ1v) is 8.11. The van der Waals surface area contributed by atoms with Crippen molar-refractivity contribution in [3.8, 4) is 0 Å². The van der Waals surface area contributed by atoms with Crippen molar-refractivity contribution in [3.05, 3.63) is 34.1 Å². The van der Waals surface area contributed by atoms with Gasteiger partial charge in [0, 0.05) is 16.1 Å². The van der Waals surface area contributed by atoms with E-state index in [1.807, 2.05) is 12.1 Å². The Morgan fingerprint density at radius 1 is 1.37 bits per heavy atom. The van der Waals surface area contributed by atoms with E-state index < -0.39 is 0 Å². The lowest BCUT2D eigenvalue weighted by Gasteiger charge is -2.24. The van der Waals surface area contributed by atoms with E-state index in [0.717, 1.165) is 34.3 Å². The van der Waals surface area contributed by atoms with Gasteiger partial charge in [-0.05, 0) is 62.6 Å². The smallest absolute Gasteiger partial charge is 0.129 e. The van der Waals surface area contributed by atoms with Crippen molar-refractivity contribution in [2.45, 2.75) is 38.6 Å². The number of hydrogen-bond donors (Lipinski definition) is 1. The van der Waals surface area contributed by atoms with Crippen LogP contribution in [0.2, 0.25) is 0 Å². The Balaban J connectivity index is 1.57. The van der Waals surface area contributed by atoms with Gasteiger partial charge in [-0.25, -0.2) is 4.39 Å². The number of nitrogens with one attached hydrogen (secondary N) is 1. The Hall–Kier alpha value is -0.410. The fourth-order valence-electron chi connectivity index (χ4n) is 3.92. The monoisotopic (exact) mass is 325 g/mol. The zero-order valence-electron chi connectivity index (χ0n) is 11.3. The molecule has 2 bridgehead atoms. The van der Waals surface area contributed by atoms with Crippen molar-refractivity contribution >= 4 is 15.9 Å². The molecule has 3 rings (SSSR count). The molecule has 1 aromatic rings. The SMILES string of the molecule is CC(NCC1CC2CCC1C2)c1ccc(Br)cc1F. The van der Waals surface area contributed by atoms with Crippen LogP contribution in [-0.2, 0) is 0 Å². The van der Waals surface area contributed by atoms with Gasteiger partial charge in [-0.3, -0.25) is 0 Å². The third-order valence-electron chi connectivity index (χ3n) is 5.00. The molecule has 2 saturated carbocycles. The average molecular weight is 326 g/mol. The Kier molecular flexibility index (Phi) is 3.95. The third kappa shape index (κ3) is 2.87. The van der Waals surface area contributed by atoms with E-state index in [-0.39, 0.29) is 11.9 Å². The summed E-state index contributed by atoms with van der Waals surface area (Å²) in [4.78, 5) is 0. The normalized spacial score (nSPS) is 30.8. The molecule has 0 radical (unpaired) electrons. The predicted octanol–water partition coefficient (Wildman–Crippen LogP) is 4.68. The van der Waals surface area contributed by atoms with Gasteiger partial charge in [0.1, 0.15) is 5.82 Å². The summed E-state index contributed by atoms with van der Waals surface area (Å²) in [6.07, 6.45) is 5.68. The fourth-order valence-corrected chi connectivity index (χ4v) is 4.25. The van der Waals surface area contributed by atoms with E-state index in [2.05, 4.69) is 28.2 Å². The third-order valence-corrected chi connectivity index (χ3v) is 5.49. The molecule has 2 aliphatic carbocycles. The highest BCUT2D eigenvalue weighted by Gasteiger charge is 2.39. The van der Waals surface area contributed by atoms with Crippen LogP contribution in [0.1, 0.15) is 44.2 Å². The van der Waals surface area contributed by atoms with Gasteiger partial charge in [0.2, 0.25) is 0 Å². The first kappa shape index (κ1) is 13.6. The summed E-state index contributed by atoms with van der Waals surface area (Å²) in [6, 6.07) is 5.42. The van der Waals surface area contributed by atoms with Crippen molar-refractivity contribution in [1.29, 1.82) is 0 Å². The van der Waals surface area contributed by atoms with E-state index in [4.69, 9.17) is 0 Å². The number of fused-ring (bicyclic) bond motifs is 2. The first-order chi connectivity index (χ1) is 9.13. The number of benzene rings is 1. The van der Waals surface area contributed by atoms with Crippen LogP contribution < -0.4 is 5.32 Å². The lowest BCUT2D eigenvalue weighted by Crippen LogP contribution is -2.29. The Morgan fingerprint density at radius 2 is 2.21 bits per heavy atom. The lowest BCUT2D eigenvalue weighted by molar-refractivity contribution is 0.308. The standard InChI is InChI=1S/C16H21BrFN/c1-10(15-5-4-14(17)8-16(15)18)19-9-13-7-11-2-3-12(13)6-11/h4-5,8,10-13,19H,2-3,6-7,9H2,1H3. The molecule has 104 valence electrons. The second kappa shape index (κ2) is 5.53. The van der Waals surface area contributed by atoms with E-state index in [0.29, 0.717) is 0 Å². The van der Waals surface area contributed by atoms with E-state index in [1.165, 1.54) is 25.7 Å². The summed E-state index contributed by atoms with van der Waals surface area (Å²) < 4.78 is 14.7. The molecule has 0 heterocycles. The molecule has 1 aromatic carbocycles. The summed E-state index contributed by atoms with van der Waals surface area (Å²) in [5, 5.41) is 3.53. The van der Waals surface area contributed by atoms with Crippen LogP contribution in [-0.4, -0.2) is 6.54 Å². The Labute approximate surface area is 123 Å². The van der Waals surface area contributed by atoms with Gasteiger partial charge in [-0.15, -0.1) is 0 Å². The molecule has 0 amide bonds. The molecule has 2 aliphatic rings. The van der Waals surface area contributed by atoms with Gasteiger partial charge < -0.3 is 5.32 Å². The van der Waals surface area contributed by atoms with E-state index >= 15 is 0 Å². The topological polar surface area (TPSA) is 12.0 Å². The fraction of sp³-hybridized carbons (Fsp3) is 0.625.